The van der Waals surface area contributed by atoms with Gasteiger partial charge in [-0.05, 0) is 30.2 Å². The van der Waals surface area contributed by atoms with Gasteiger partial charge in [0.25, 0.3) is 0 Å². The van der Waals surface area contributed by atoms with Crippen molar-refractivity contribution in [3.63, 3.8) is 0 Å². The molecule has 2 rings (SSSR count). The highest BCUT2D eigenvalue weighted by Gasteiger charge is 2.34. The van der Waals surface area contributed by atoms with Crippen molar-refractivity contribution in [1.82, 2.24) is 5.32 Å². The Kier molecular flexibility index (Phi) is 2.23. The Bertz CT molecular complexity index is 344. The molecule has 0 aliphatic carbocycles. The predicted molar refractivity (Wildman–Crippen MR) is 46.9 cm³/mol. The minimum Gasteiger partial charge on any atom is -0.312 e. The van der Waals surface area contributed by atoms with Gasteiger partial charge >= 0.3 is 6.18 Å². The van der Waals surface area contributed by atoms with Crippen molar-refractivity contribution in [1.29, 1.82) is 0 Å². The van der Waals surface area contributed by atoms with Crippen molar-refractivity contribution in [2.24, 2.45) is 0 Å². The number of hydrogen-bond donors (Lipinski definition) is 1. The van der Waals surface area contributed by atoms with Gasteiger partial charge in [-0.15, -0.1) is 0 Å². The van der Waals surface area contributed by atoms with E-state index in [0.717, 1.165) is 18.2 Å². The van der Waals surface area contributed by atoms with E-state index in [-0.39, 0.29) is 0 Å². The molecule has 0 aromatic heterocycles. The third-order valence-electron chi connectivity index (χ3n) is 2.45. The first kappa shape index (κ1) is 9.52. The van der Waals surface area contributed by atoms with E-state index in [1.54, 1.807) is 6.07 Å². The molecular weight excluding hydrogens is 191 g/mol. The zero-order valence-corrected chi connectivity index (χ0v) is 7.49. The SMILES string of the molecule is FC(F)(F)c1cccc2c1CNCC2. The predicted octanol–water partition coefficient (Wildman–Crippen LogP) is 2.35. The Labute approximate surface area is 79.9 Å². The molecule has 0 saturated carbocycles. The second-order valence-corrected chi connectivity index (χ2v) is 3.37. The van der Waals surface area contributed by atoms with Gasteiger partial charge in [-0.1, -0.05) is 12.1 Å². The summed E-state index contributed by atoms with van der Waals surface area (Å²) in [7, 11) is 0. The molecule has 14 heavy (non-hydrogen) atoms. The van der Waals surface area contributed by atoms with Crippen LogP contribution >= 0.6 is 0 Å². The van der Waals surface area contributed by atoms with E-state index < -0.39 is 11.7 Å². The van der Waals surface area contributed by atoms with Gasteiger partial charge in [0.1, 0.15) is 0 Å². The number of fused-ring (bicyclic) bond motifs is 1. The van der Waals surface area contributed by atoms with E-state index in [2.05, 4.69) is 5.32 Å². The molecule has 1 heterocycles. The Hall–Kier alpha value is -1.03. The van der Waals surface area contributed by atoms with E-state index in [1.165, 1.54) is 6.07 Å². The Morgan fingerprint density at radius 1 is 1.21 bits per heavy atom. The summed E-state index contributed by atoms with van der Waals surface area (Å²) >= 11 is 0. The highest BCUT2D eigenvalue weighted by atomic mass is 19.4. The summed E-state index contributed by atoms with van der Waals surface area (Å²) in [5.41, 5.74) is 0.729. The Morgan fingerprint density at radius 3 is 2.71 bits per heavy atom. The normalized spacial score (nSPS) is 16.5. The molecule has 0 atom stereocenters. The maximum absolute atomic E-state index is 12.5. The first-order chi connectivity index (χ1) is 6.59. The molecule has 1 N–H and O–H groups in total. The maximum Gasteiger partial charge on any atom is 0.416 e. The van der Waals surface area contributed by atoms with Crippen LogP contribution in [-0.4, -0.2) is 6.54 Å². The zero-order valence-electron chi connectivity index (χ0n) is 7.49. The zero-order chi connectivity index (χ0) is 10.2. The molecule has 1 aromatic carbocycles. The van der Waals surface area contributed by atoms with Crippen molar-refractivity contribution in [3.8, 4) is 0 Å². The van der Waals surface area contributed by atoms with Crippen LogP contribution in [0.2, 0.25) is 0 Å². The van der Waals surface area contributed by atoms with E-state index >= 15 is 0 Å². The molecule has 0 fully saturated rings. The fourth-order valence-corrected chi connectivity index (χ4v) is 1.78. The standard InChI is InChI=1S/C10H10F3N/c11-10(12,13)9-3-1-2-7-4-5-14-6-8(7)9/h1-3,14H,4-6H2. The number of halogens is 3. The molecule has 0 unspecified atom stereocenters. The number of rotatable bonds is 0. The van der Waals surface area contributed by atoms with Crippen molar-refractivity contribution >= 4 is 0 Å². The molecule has 1 aromatic rings. The van der Waals surface area contributed by atoms with Crippen LogP contribution < -0.4 is 5.32 Å². The highest BCUT2D eigenvalue weighted by molar-refractivity contribution is 5.38. The van der Waals surface area contributed by atoms with Gasteiger partial charge in [-0.2, -0.15) is 13.2 Å². The van der Waals surface area contributed by atoms with Gasteiger partial charge in [0, 0.05) is 6.54 Å². The average Bonchev–Trinajstić information content (AvgIpc) is 2.15. The molecule has 0 saturated heterocycles. The molecule has 0 radical (unpaired) electrons. The van der Waals surface area contributed by atoms with Crippen LogP contribution in [0, 0.1) is 0 Å². The van der Waals surface area contributed by atoms with Crippen LogP contribution in [0.4, 0.5) is 13.2 Å². The monoisotopic (exact) mass is 201 g/mol. The first-order valence-corrected chi connectivity index (χ1v) is 4.48. The van der Waals surface area contributed by atoms with Crippen LogP contribution in [0.5, 0.6) is 0 Å². The molecule has 0 bridgehead atoms. The lowest BCUT2D eigenvalue weighted by Crippen LogP contribution is -2.26. The van der Waals surface area contributed by atoms with Crippen molar-refractivity contribution in [3.05, 3.63) is 34.9 Å². The third-order valence-corrected chi connectivity index (χ3v) is 2.45. The first-order valence-electron chi connectivity index (χ1n) is 4.48. The molecule has 0 amide bonds. The van der Waals surface area contributed by atoms with Gasteiger partial charge < -0.3 is 5.32 Å². The quantitative estimate of drug-likeness (QED) is 0.679. The topological polar surface area (TPSA) is 12.0 Å². The fourth-order valence-electron chi connectivity index (χ4n) is 1.78. The van der Waals surface area contributed by atoms with Gasteiger partial charge in [0.15, 0.2) is 0 Å². The molecule has 1 aliphatic heterocycles. The smallest absolute Gasteiger partial charge is 0.312 e. The lowest BCUT2D eigenvalue weighted by Gasteiger charge is -2.21. The Morgan fingerprint density at radius 2 is 2.00 bits per heavy atom. The highest BCUT2D eigenvalue weighted by Crippen LogP contribution is 2.34. The van der Waals surface area contributed by atoms with E-state index in [0.29, 0.717) is 18.5 Å². The summed E-state index contributed by atoms with van der Waals surface area (Å²) < 4.78 is 37.6. The minimum atomic E-state index is -4.23. The third kappa shape index (κ3) is 1.62. The lowest BCUT2D eigenvalue weighted by atomic mass is 9.96. The van der Waals surface area contributed by atoms with Crippen LogP contribution in [0.15, 0.2) is 18.2 Å². The van der Waals surface area contributed by atoms with Crippen LogP contribution in [0.3, 0.4) is 0 Å². The molecule has 1 nitrogen and oxygen atoms in total. The van der Waals surface area contributed by atoms with E-state index in [1.807, 2.05) is 0 Å². The van der Waals surface area contributed by atoms with Crippen LogP contribution in [0.25, 0.3) is 0 Å². The summed E-state index contributed by atoms with van der Waals surface area (Å²) in [6.07, 6.45) is -3.55. The van der Waals surface area contributed by atoms with Crippen molar-refractivity contribution in [2.45, 2.75) is 19.1 Å². The number of alkyl halides is 3. The van der Waals surface area contributed by atoms with E-state index in [4.69, 9.17) is 0 Å². The lowest BCUT2D eigenvalue weighted by molar-refractivity contribution is -0.138. The van der Waals surface area contributed by atoms with Gasteiger partial charge in [-0.25, -0.2) is 0 Å². The van der Waals surface area contributed by atoms with Gasteiger partial charge in [0.05, 0.1) is 5.56 Å². The molecule has 1 aliphatic rings. The summed E-state index contributed by atoms with van der Waals surface area (Å²) in [5, 5.41) is 2.95. The van der Waals surface area contributed by atoms with Crippen molar-refractivity contribution in [2.75, 3.05) is 6.54 Å². The minimum absolute atomic E-state index is 0.324. The summed E-state index contributed by atoms with van der Waals surface area (Å²) in [6, 6.07) is 4.39. The molecule has 4 heteroatoms. The van der Waals surface area contributed by atoms with Crippen LogP contribution in [-0.2, 0) is 19.1 Å². The maximum atomic E-state index is 12.5. The van der Waals surface area contributed by atoms with Crippen LogP contribution in [0.1, 0.15) is 16.7 Å². The number of hydrogen-bond acceptors (Lipinski definition) is 1. The van der Waals surface area contributed by atoms with E-state index in [9.17, 15) is 13.2 Å². The summed E-state index contributed by atoms with van der Waals surface area (Å²) in [4.78, 5) is 0. The molecule has 76 valence electrons. The summed E-state index contributed by atoms with van der Waals surface area (Å²) in [6.45, 7) is 1.08. The fraction of sp³-hybridized carbons (Fsp3) is 0.400. The summed E-state index contributed by atoms with van der Waals surface area (Å²) in [5.74, 6) is 0. The molecule has 0 spiro atoms. The number of nitrogens with one attached hydrogen (secondary N) is 1. The van der Waals surface area contributed by atoms with Gasteiger partial charge in [-0.3, -0.25) is 0 Å². The van der Waals surface area contributed by atoms with Crippen molar-refractivity contribution < 1.29 is 13.2 Å². The molecular formula is C10H10F3N. The number of benzene rings is 1. The Balaban J connectivity index is 2.51. The average molecular weight is 201 g/mol. The largest absolute Gasteiger partial charge is 0.416 e. The van der Waals surface area contributed by atoms with Gasteiger partial charge in [0.2, 0.25) is 0 Å². The second kappa shape index (κ2) is 3.28. The second-order valence-electron chi connectivity index (χ2n) is 3.37.